The van der Waals surface area contributed by atoms with E-state index in [1.807, 2.05) is 48.5 Å². The summed E-state index contributed by atoms with van der Waals surface area (Å²) in [6, 6.07) is 21.4. The molecule has 0 aromatic heterocycles. The molecule has 3 aromatic rings. The Kier molecular flexibility index (Phi) is 10.8. The highest BCUT2D eigenvalue weighted by atomic mass is 16.2. The van der Waals surface area contributed by atoms with E-state index in [2.05, 4.69) is 26.6 Å². The largest absolute Gasteiger partial charge is 0.382 e. The number of benzene rings is 3. The van der Waals surface area contributed by atoms with E-state index in [1.54, 1.807) is 24.3 Å². The van der Waals surface area contributed by atoms with Crippen LogP contribution in [0.15, 0.2) is 77.9 Å². The highest BCUT2D eigenvalue weighted by molar-refractivity contribution is 6.00. The number of hydrogen-bond donors (Lipinski definition) is 7. The normalized spacial score (nSPS) is 17.4. The average molecular weight is 585 g/mol. The van der Waals surface area contributed by atoms with Gasteiger partial charge >= 0.3 is 0 Å². The summed E-state index contributed by atoms with van der Waals surface area (Å²) in [5, 5.41) is 12.6. The van der Waals surface area contributed by atoms with Crippen LogP contribution in [0.25, 0.3) is 11.1 Å². The monoisotopic (exact) mass is 584 g/mol. The summed E-state index contributed by atoms with van der Waals surface area (Å²) in [5.41, 5.74) is 18.4. The van der Waals surface area contributed by atoms with Crippen LogP contribution < -0.4 is 38.8 Å². The van der Waals surface area contributed by atoms with E-state index >= 15 is 0 Å². The van der Waals surface area contributed by atoms with Gasteiger partial charge in [0.2, 0.25) is 17.7 Å². The molecule has 1 atom stereocenters. The van der Waals surface area contributed by atoms with E-state index < -0.39 is 6.04 Å². The molecule has 0 spiro atoms. The van der Waals surface area contributed by atoms with Crippen LogP contribution in [-0.4, -0.2) is 36.1 Å². The number of carbonyl (C=O) groups is 3. The van der Waals surface area contributed by atoms with Crippen LogP contribution in [0.3, 0.4) is 0 Å². The van der Waals surface area contributed by atoms with Gasteiger partial charge in [-0.05, 0) is 79.6 Å². The molecule has 1 aliphatic carbocycles. The molecule has 1 saturated carbocycles. The highest BCUT2D eigenvalue weighted by Crippen LogP contribution is 2.30. The van der Waals surface area contributed by atoms with Crippen LogP contribution in [0.4, 0.5) is 11.4 Å². The molecule has 11 nitrogen and oxygen atoms in total. The van der Waals surface area contributed by atoms with Gasteiger partial charge in [0.15, 0.2) is 5.84 Å². The lowest BCUT2D eigenvalue weighted by atomic mass is 9.81. The number of hydrazine groups is 1. The van der Waals surface area contributed by atoms with Crippen molar-refractivity contribution in [3.05, 3.63) is 83.9 Å². The first kappa shape index (κ1) is 31.2. The number of para-hydroxylation sites is 1. The molecule has 4 rings (SSSR count). The molecule has 0 heterocycles. The third-order valence-electron chi connectivity index (χ3n) is 7.76. The van der Waals surface area contributed by atoms with E-state index in [4.69, 9.17) is 17.3 Å². The fourth-order valence-electron chi connectivity index (χ4n) is 5.34. The van der Waals surface area contributed by atoms with Crippen molar-refractivity contribution >= 4 is 34.9 Å². The van der Waals surface area contributed by atoms with Crippen molar-refractivity contribution in [1.29, 1.82) is 0 Å². The Morgan fingerprint density at radius 2 is 1.58 bits per heavy atom. The summed E-state index contributed by atoms with van der Waals surface area (Å²) in [4.78, 5) is 38.5. The van der Waals surface area contributed by atoms with Crippen molar-refractivity contribution in [2.75, 3.05) is 17.2 Å². The number of hydrogen-bond acceptors (Lipinski definition) is 7. The lowest BCUT2D eigenvalue weighted by Gasteiger charge is -2.28. The number of nitrogens with zero attached hydrogens (tertiary/aromatic N) is 1. The summed E-state index contributed by atoms with van der Waals surface area (Å²) >= 11 is 0. The van der Waals surface area contributed by atoms with E-state index in [0.29, 0.717) is 30.1 Å². The van der Waals surface area contributed by atoms with Gasteiger partial charge in [0.05, 0.1) is 0 Å². The molecule has 0 bridgehead atoms. The lowest BCUT2D eigenvalue weighted by molar-refractivity contribution is -0.130. The highest BCUT2D eigenvalue weighted by Gasteiger charge is 2.29. The van der Waals surface area contributed by atoms with Crippen LogP contribution >= 0.6 is 0 Å². The third-order valence-corrected chi connectivity index (χ3v) is 7.76. The van der Waals surface area contributed by atoms with Crippen molar-refractivity contribution in [3.63, 3.8) is 0 Å². The first-order chi connectivity index (χ1) is 20.8. The van der Waals surface area contributed by atoms with Crippen molar-refractivity contribution in [3.8, 4) is 11.1 Å². The summed E-state index contributed by atoms with van der Waals surface area (Å²) in [6.45, 7) is 2.10. The fraction of sp³-hybridized carbons (Fsp3) is 0.312. The summed E-state index contributed by atoms with van der Waals surface area (Å²) in [7, 11) is 0. The Balaban J connectivity index is 1.51. The molecule has 3 aromatic carbocycles. The maximum Gasteiger partial charge on any atom is 0.247 e. The predicted octanol–water partition coefficient (Wildman–Crippen LogP) is 2.83. The topological polar surface area (TPSA) is 190 Å². The zero-order valence-electron chi connectivity index (χ0n) is 24.3. The molecule has 11 heteroatoms. The molecule has 1 aliphatic rings. The number of hydrazone groups is 1. The zero-order chi connectivity index (χ0) is 30.8. The minimum absolute atomic E-state index is 0.120. The van der Waals surface area contributed by atoms with Crippen LogP contribution in [0, 0.1) is 11.8 Å². The Labute approximate surface area is 251 Å². The molecule has 0 saturated heterocycles. The molecule has 0 aliphatic heterocycles. The van der Waals surface area contributed by atoms with Crippen molar-refractivity contribution in [2.24, 2.45) is 34.2 Å². The van der Waals surface area contributed by atoms with Crippen LogP contribution in [0.2, 0.25) is 0 Å². The van der Waals surface area contributed by atoms with Gasteiger partial charge in [0.25, 0.3) is 0 Å². The quantitative estimate of drug-likeness (QED) is 0.0780. The standard InChI is InChI=1S/C32H40N8O3/c1-20(41)36-28-5-3-2-4-27(28)23-10-6-21(7-11-23)18-29(38-31(42)25-12-8-22(19-33)9-13-25)32(43)37-26-16-14-24(15-17-26)30(34)39-40-35/h2-7,10-11,14-17,22,25,29,40H,8-9,12-13,18-19,33,35H2,1H3,(H2,34,39)(H,36,41)(H,37,43)(H,38,42)/t22?,25?,29-/m0/s1. The van der Waals surface area contributed by atoms with Gasteiger partial charge in [0, 0.05) is 41.8 Å². The molecule has 0 radical (unpaired) electrons. The van der Waals surface area contributed by atoms with Crippen LogP contribution in [0.5, 0.6) is 0 Å². The number of carbonyl (C=O) groups excluding carboxylic acids is 3. The summed E-state index contributed by atoms with van der Waals surface area (Å²) in [6.07, 6.45) is 3.62. The SMILES string of the molecule is CC(=O)Nc1ccccc1-c1ccc(C[C@H](NC(=O)C2CCC(CN)CC2)C(=O)Nc2ccc(/C(N)=N/NN)cc2)cc1. The Morgan fingerprint density at radius 3 is 2.21 bits per heavy atom. The maximum absolute atomic E-state index is 13.5. The minimum Gasteiger partial charge on any atom is -0.382 e. The Hall–Kier alpha value is -4.74. The molecule has 3 amide bonds. The van der Waals surface area contributed by atoms with Crippen LogP contribution in [0.1, 0.15) is 43.7 Å². The molecule has 226 valence electrons. The van der Waals surface area contributed by atoms with E-state index in [9.17, 15) is 14.4 Å². The van der Waals surface area contributed by atoms with Gasteiger partial charge < -0.3 is 27.4 Å². The Morgan fingerprint density at radius 1 is 0.907 bits per heavy atom. The second-order valence-electron chi connectivity index (χ2n) is 10.8. The van der Waals surface area contributed by atoms with Gasteiger partial charge in [-0.2, -0.15) is 0 Å². The number of amidine groups is 1. The molecule has 1 fully saturated rings. The van der Waals surface area contributed by atoms with Crippen molar-refractivity contribution in [2.45, 2.75) is 45.1 Å². The van der Waals surface area contributed by atoms with Crippen molar-refractivity contribution < 1.29 is 14.4 Å². The average Bonchev–Trinajstić information content (AvgIpc) is 3.01. The number of nitrogens with one attached hydrogen (secondary N) is 4. The molecular formula is C32H40N8O3. The second kappa shape index (κ2) is 14.9. The summed E-state index contributed by atoms with van der Waals surface area (Å²) < 4.78 is 0. The van der Waals surface area contributed by atoms with Crippen molar-refractivity contribution in [1.82, 2.24) is 10.9 Å². The minimum atomic E-state index is -0.801. The van der Waals surface area contributed by atoms with Gasteiger partial charge in [-0.15, -0.1) is 5.10 Å². The van der Waals surface area contributed by atoms with Gasteiger partial charge in [0.1, 0.15) is 6.04 Å². The van der Waals surface area contributed by atoms with Gasteiger partial charge in [-0.25, -0.2) is 11.4 Å². The van der Waals surface area contributed by atoms with E-state index in [1.165, 1.54) is 6.92 Å². The van der Waals surface area contributed by atoms with Crippen LogP contribution in [-0.2, 0) is 20.8 Å². The second-order valence-corrected chi connectivity index (χ2v) is 10.8. The lowest BCUT2D eigenvalue weighted by Crippen LogP contribution is -2.48. The summed E-state index contributed by atoms with van der Waals surface area (Å²) in [5.74, 6) is 5.10. The van der Waals surface area contributed by atoms with E-state index in [0.717, 1.165) is 48.1 Å². The maximum atomic E-state index is 13.5. The number of amides is 3. The van der Waals surface area contributed by atoms with Gasteiger partial charge in [-0.3, -0.25) is 14.4 Å². The fourth-order valence-corrected chi connectivity index (χ4v) is 5.34. The molecular weight excluding hydrogens is 544 g/mol. The zero-order valence-corrected chi connectivity index (χ0v) is 24.3. The smallest absolute Gasteiger partial charge is 0.247 e. The van der Waals surface area contributed by atoms with Gasteiger partial charge in [-0.1, -0.05) is 42.5 Å². The Bertz CT molecular complexity index is 1430. The van der Waals surface area contributed by atoms with E-state index in [-0.39, 0.29) is 29.5 Å². The molecule has 0 unspecified atom stereocenters. The number of anilines is 2. The molecule has 43 heavy (non-hydrogen) atoms. The predicted molar refractivity (Wildman–Crippen MR) is 169 cm³/mol. The molecule has 10 N–H and O–H groups in total. The third kappa shape index (κ3) is 8.63. The first-order valence-corrected chi connectivity index (χ1v) is 14.4. The number of nitrogens with two attached hydrogens (primary N) is 3. The first-order valence-electron chi connectivity index (χ1n) is 14.4. The number of rotatable bonds is 11.